The molecule has 0 saturated heterocycles. The number of hydrogen-bond acceptors (Lipinski definition) is 4. The van der Waals surface area contributed by atoms with Crippen molar-refractivity contribution in [2.45, 2.75) is 19.5 Å². The van der Waals surface area contributed by atoms with Crippen molar-refractivity contribution in [3.63, 3.8) is 0 Å². The Hall–Kier alpha value is -1.96. The van der Waals surface area contributed by atoms with Gasteiger partial charge < -0.3 is 10.1 Å². The molecule has 27 heavy (non-hydrogen) atoms. The molecular weight excluding hydrogens is 411 g/mol. The average molecular weight is 431 g/mol. The summed E-state index contributed by atoms with van der Waals surface area (Å²) in [6, 6.07) is 10.6. The fourth-order valence-electron chi connectivity index (χ4n) is 2.54. The molecule has 2 aromatic carbocycles. The van der Waals surface area contributed by atoms with Crippen LogP contribution in [0.1, 0.15) is 12.5 Å². The number of halogens is 2. The van der Waals surface area contributed by atoms with Crippen LogP contribution >= 0.6 is 23.2 Å². The van der Waals surface area contributed by atoms with E-state index in [1.807, 2.05) is 0 Å². The second-order valence-electron chi connectivity index (χ2n) is 5.90. The second-order valence-corrected chi connectivity index (χ2v) is 8.60. The van der Waals surface area contributed by atoms with Gasteiger partial charge in [0.2, 0.25) is 15.9 Å². The zero-order valence-corrected chi connectivity index (χ0v) is 17.4. The average Bonchev–Trinajstić information content (AvgIpc) is 2.60. The van der Waals surface area contributed by atoms with E-state index in [2.05, 4.69) is 5.32 Å². The number of carbonyl (C=O) groups excluding carboxylic acids is 1. The highest BCUT2D eigenvalue weighted by atomic mass is 35.5. The van der Waals surface area contributed by atoms with E-state index in [0.717, 1.165) is 16.1 Å². The lowest BCUT2D eigenvalue weighted by Gasteiger charge is -2.28. The lowest BCUT2D eigenvalue weighted by atomic mass is 10.2. The molecule has 1 amide bonds. The Kier molecular flexibility index (Phi) is 6.97. The maximum atomic E-state index is 12.6. The summed E-state index contributed by atoms with van der Waals surface area (Å²) in [4.78, 5) is 12.6. The van der Waals surface area contributed by atoms with Crippen LogP contribution in [-0.4, -0.2) is 33.7 Å². The molecule has 0 unspecified atom stereocenters. The van der Waals surface area contributed by atoms with E-state index in [0.29, 0.717) is 10.8 Å². The molecule has 0 aliphatic carbocycles. The Balaban J connectivity index is 2.21. The van der Waals surface area contributed by atoms with Crippen LogP contribution in [0.5, 0.6) is 5.75 Å². The number of nitrogens with zero attached hydrogens (tertiary/aromatic N) is 1. The molecule has 0 aliphatic heterocycles. The van der Waals surface area contributed by atoms with Crippen LogP contribution in [0.2, 0.25) is 10.0 Å². The molecule has 1 atom stereocenters. The molecule has 0 spiro atoms. The van der Waals surface area contributed by atoms with E-state index in [-0.39, 0.29) is 17.3 Å². The number of hydrogen-bond donors (Lipinski definition) is 1. The van der Waals surface area contributed by atoms with Crippen LogP contribution in [0.25, 0.3) is 0 Å². The first-order valence-corrected chi connectivity index (χ1v) is 10.6. The summed E-state index contributed by atoms with van der Waals surface area (Å²) >= 11 is 11.9. The predicted molar refractivity (Wildman–Crippen MR) is 108 cm³/mol. The van der Waals surface area contributed by atoms with Gasteiger partial charge in [-0.2, -0.15) is 0 Å². The predicted octanol–water partition coefficient (Wildman–Crippen LogP) is 3.47. The molecule has 0 heterocycles. The number of anilines is 1. The van der Waals surface area contributed by atoms with E-state index >= 15 is 0 Å². The van der Waals surface area contributed by atoms with Gasteiger partial charge in [0.05, 0.1) is 24.1 Å². The van der Waals surface area contributed by atoms with Gasteiger partial charge in [0.1, 0.15) is 11.8 Å². The monoisotopic (exact) mass is 430 g/mol. The number of rotatable bonds is 7. The van der Waals surface area contributed by atoms with Crippen molar-refractivity contribution in [2.75, 3.05) is 17.7 Å². The molecule has 0 bridgehead atoms. The highest BCUT2D eigenvalue weighted by Crippen LogP contribution is 2.31. The maximum Gasteiger partial charge on any atom is 0.243 e. The van der Waals surface area contributed by atoms with Gasteiger partial charge in [-0.25, -0.2) is 8.42 Å². The summed E-state index contributed by atoms with van der Waals surface area (Å²) in [7, 11) is -2.27. The minimum atomic E-state index is -3.73. The van der Waals surface area contributed by atoms with Crippen molar-refractivity contribution in [3.05, 3.63) is 58.1 Å². The highest BCUT2D eigenvalue weighted by molar-refractivity contribution is 7.92. The van der Waals surface area contributed by atoms with Crippen molar-refractivity contribution in [1.82, 2.24) is 5.32 Å². The maximum absolute atomic E-state index is 12.6. The molecule has 1 N–H and O–H groups in total. The van der Waals surface area contributed by atoms with E-state index in [1.165, 1.54) is 26.2 Å². The Morgan fingerprint density at radius 2 is 1.81 bits per heavy atom. The number of benzene rings is 2. The number of methoxy groups -OCH3 is 1. The number of ether oxygens (including phenoxy) is 1. The first-order chi connectivity index (χ1) is 12.6. The highest BCUT2D eigenvalue weighted by Gasteiger charge is 2.29. The van der Waals surface area contributed by atoms with Crippen molar-refractivity contribution in [1.29, 1.82) is 0 Å². The molecule has 2 aromatic rings. The fourth-order valence-corrected chi connectivity index (χ4v) is 4.08. The molecular formula is C18H20Cl2N2O4S. The van der Waals surface area contributed by atoms with Crippen LogP contribution in [0, 0.1) is 0 Å². The van der Waals surface area contributed by atoms with Gasteiger partial charge >= 0.3 is 0 Å². The molecule has 2 rings (SSSR count). The molecule has 6 nitrogen and oxygen atoms in total. The molecule has 0 aromatic heterocycles. The number of nitrogens with one attached hydrogen (secondary N) is 1. The van der Waals surface area contributed by atoms with Crippen molar-refractivity contribution < 1.29 is 17.9 Å². The van der Waals surface area contributed by atoms with E-state index in [4.69, 9.17) is 27.9 Å². The van der Waals surface area contributed by atoms with Gasteiger partial charge in [0.25, 0.3) is 0 Å². The van der Waals surface area contributed by atoms with Crippen LogP contribution < -0.4 is 14.4 Å². The van der Waals surface area contributed by atoms with Gasteiger partial charge in [-0.15, -0.1) is 0 Å². The first kappa shape index (κ1) is 21.3. The smallest absolute Gasteiger partial charge is 0.243 e. The fraction of sp³-hybridized carbons (Fsp3) is 0.278. The topological polar surface area (TPSA) is 75.7 Å². The summed E-state index contributed by atoms with van der Waals surface area (Å²) in [6.45, 7) is 1.76. The summed E-state index contributed by atoms with van der Waals surface area (Å²) in [5.74, 6) is -0.0315. The molecule has 0 aliphatic rings. The van der Waals surface area contributed by atoms with Gasteiger partial charge in [-0.1, -0.05) is 35.3 Å². The standard InChI is InChI=1S/C18H20Cl2N2O4S/c1-12(18(23)21-11-13-4-6-14(19)7-5-13)22(27(3,24)25)15-8-9-17(26-2)16(20)10-15/h4-10,12H,11H2,1-3H3,(H,21,23)/t12-/m1/s1. The van der Waals surface area contributed by atoms with Crippen LogP contribution in [0.4, 0.5) is 5.69 Å². The Bertz CT molecular complexity index is 917. The molecule has 0 radical (unpaired) electrons. The summed E-state index contributed by atoms with van der Waals surface area (Å²) in [5.41, 5.74) is 1.12. The quantitative estimate of drug-likeness (QED) is 0.729. The molecule has 146 valence electrons. The minimum absolute atomic E-state index is 0.248. The Morgan fingerprint density at radius 1 is 1.19 bits per heavy atom. The Morgan fingerprint density at radius 3 is 2.33 bits per heavy atom. The van der Waals surface area contributed by atoms with Gasteiger partial charge in [0.15, 0.2) is 0 Å². The van der Waals surface area contributed by atoms with Gasteiger partial charge in [-0.3, -0.25) is 9.10 Å². The van der Waals surface area contributed by atoms with Gasteiger partial charge in [-0.05, 0) is 42.8 Å². The van der Waals surface area contributed by atoms with E-state index in [1.54, 1.807) is 30.3 Å². The summed E-state index contributed by atoms with van der Waals surface area (Å²) < 4.78 is 30.7. The van der Waals surface area contributed by atoms with Gasteiger partial charge in [0, 0.05) is 11.6 Å². The molecule has 0 saturated carbocycles. The van der Waals surface area contributed by atoms with Crippen LogP contribution in [0.3, 0.4) is 0 Å². The van der Waals surface area contributed by atoms with Crippen LogP contribution in [-0.2, 0) is 21.4 Å². The Labute approximate surface area is 169 Å². The zero-order chi connectivity index (χ0) is 20.2. The zero-order valence-electron chi connectivity index (χ0n) is 15.1. The third-order valence-electron chi connectivity index (χ3n) is 3.86. The van der Waals surface area contributed by atoms with E-state index in [9.17, 15) is 13.2 Å². The third kappa shape index (κ3) is 5.51. The summed E-state index contributed by atoms with van der Waals surface area (Å²) in [5, 5.41) is 3.57. The lowest BCUT2D eigenvalue weighted by Crippen LogP contribution is -2.47. The second kappa shape index (κ2) is 8.82. The normalized spacial score (nSPS) is 12.3. The number of carbonyl (C=O) groups is 1. The molecule has 0 fully saturated rings. The lowest BCUT2D eigenvalue weighted by molar-refractivity contribution is -0.122. The van der Waals surface area contributed by atoms with Crippen molar-refractivity contribution >= 4 is 44.8 Å². The first-order valence-electron chi connectivity index (χ1n) is 7.98. The minimum Gasteiger partial charge on any atom is -0.495 e. The van der Waals surface area contributed by atoms with Crippen molar-refractivity contribution in [2.24, 2.45) is 0 Å². The third-order valence-corrected chi connectivity index (χ3v) is 5.65. The number of sulfonamides is 1. The van der Waals surface area contributed by atoms with E-state index < -0.39 is 22.0 Å². The SMILES string of the molecule is COc1ccc(N([C@H](C)C(=O)NCc2ccc(Cl)cc2)S(C)(=O)=O)cc1Cl. The largest absolute Gasteiger partial charge is 0.495 e. The molecule has 9 heteroatoms. The number of amides is 1. The summed E-state index contributed by atoms with van der Waals surface area (Å²) in [6.07, 6.45) is 1.04. The van der Waals surface area contributed by atoms with Crippen LogP contribution in [0.15, 0.2) is 42.5 Å². The van der Waals surface area contributed by atoms with Crippen molar-refractivity contribution in [3.8, 4) is 5.75 Å².